The molecule has 0 amide bonds. The van der Waals surface area contributed by atoms with Crippen LogP contribution in [0.3, 0.4) is 0 Å². The molecule has 10 heteroatoms. The first-order valence-corrected chi connectivity index (χ1v) is 6.20. The summed E-state index contributed by atoms with van der Waals surface area (Å²) in [7, 11) is 1.89. The quantitative estimate of drug-likeness (QED) is 0.712. The van der Waals surface area contributed by atoms with Crippen molar-refractivity contribution in [3.63, 3.8) is 0 Å². The van der Waals surface area contributed by atoms with Gasteiger partial charge in [0.25, 0.3) is 0 Å². The molecule has 3 rings (SSSR count). The lowest BCUT2D eigenvalue weighted by molar-refractivity contribution is -0.192. The van der Waals surface area contributed by atoms with Crippen LogP contribution in [0.15, 0.2) is 36.9 Å². The number of hydrogen-bond donors (Lipinski definition) is 2. The fourth-order valence-corrected chi connectivity index (χ4v) is 1.78. The Bertz CT molecular complexity index is 838. The van der Waals surface area contributed by atoms with Crippen LogP contribution in [0.5, 0.6) is 0 Å². The van der Waals surface area contributed by atoms with Gasteiger partial charge in [-0.25, -0.2) is 9.31 Å². The van der Waals surface area contributed by atoms with Crippen LogP contribution >= 0.6 is 0 Å². The lowest BCUT2D eigenvalue weighted by Gasteiger charge is -2.02. The largest absolute Gasteiger partial charge is 0.490 e. The number of nitrogen functional groups attached to an aromatic ring is 1. The van der Waals surface area contributed by atoms with Crippen molar-refractivity contribution in [2.24, 2.45) is 7.05 Å². The van der Waals surface area contributed by atoms with Gasteiger partial charge in [0.15, 0.2) is 0 Å². The number of carbonyl (C=O) groups is 1. The second-order valence-corrected chi connectivity index (χ2v) is 4.55. The van der Waals surface area contributed by atoms with Crippen LogP contribution in [-0.2, 0) is 11.8 Å². The summed E-state index contributed by atoms with van der Waals surface area (Å²) in [6, 6.07) is 3.83. The van der Waals surface area contributed by atoms with Crippen molar-refractivity contribution in [3.8, 4) is 11.1 Å². The number of halogens is 3. The SMILES string of the molecule is Cn1cc(-c2cc(N)c3ccnn3c2)cn1.O=C(O)C(F)(F)F. The van der Waals surface area contributed by atoms with Gasteiger partial charge in [0.1, 0.15) is 0 Å². The van der Waals surface area contributed by atoms with Crippen molar-refractivity contribution in [1.82, 2.24) is 19.4 Å². The van der Waals surface area contributed by atoms with Crippen molar-refractivity contribution < 1.29 is 23.1 Å². The van der Waals surface area contributed by atoms with E-state index in [4.69, 9.17) is 15.6 Å². The van der Waals surface area contributed by atoms with Gasteiger partial charge in [-0.05, 0) is 12.1 Å². The van der Waals surface area contributed by atoms with Gasteiger partial charge in [-0.3, -0.25) is 4.68 Å². The number of anilines is 1. The van der Waals surface area contributed by atoms with Crippen LogP contribution in [-0.4, -0.2) is 36.6 Å². The number of fused-ring (bicyclic) bond motifs is 1. The van der Waals surface area contributed by atoms with E-state index in [0.717, 1.165) is 22.3 Å². The molecule has 0 radical (unpaired) electrons. The van der Waals surface area contributed by atoms with Gasteiger partial charge in [0.05, 0.1) is 23.6 Å². The van der Waals surface area contributed by atoms with E-state index in [-0.39, 0.29) is 0 Å². The van der Waals surface area contributed by atoms with E-state index in [1.165, 1.54) is 0 Å². The molecule has 3 N–H and O–H groups in total. The number of aryl methyl sites for hydroxylation is 1. The number of hydrogen-bond acceptors (Lipinski definition) is 4. The molecule has 0 atom stereocenters. The number of aliphatic carboxylic acids is 1. The van der Waals surface area contributed by atoms with Crippen LogP contribution < -0.4 is 5.73 Å². The summed E-state index contributed by atoms with van der Waals surface area (Å²) >= 11 is 0. The van der Waals surface area contributed by atoms with Crippen LogP contribution in [0.4, 0.5) is 18.9 Å². The van der Waals surface area contributed by atoms with Crippen molar-refractivity contribution in [3.05, 3.63) is 36.9 Å². The van der Waals surface area contributed by atoms with E-state index in [9.17, 15) is 13.2 Å². The lowest BCUT2D eigenvalue weighted by Crippen LogP contribution is -2.21. The fourth-order valence-electron chi connectivity index (χ4n) is 1.78. The second kappa shape index (κ2) is 5.99. The molecule has 3 heterocycles. The maximum atomic E-state index is 10.6. The van der Waals surface area contributed by atoms with Gasteiger partial charge in [-0.15, -0.1) is 0 Å². The highest BCUT2D eigenvalue weighted by atomic mass is 19.4. The topological polar surface area (TPSA) is 98.4 Å². The molecule has 0 aliphatic heterocycles. The zero-order valence-electron chi connectivity index (χ0n) is 11.8. The highest BCUT2D eigenvalue weighted by Crippen LogP contribution is 2.23. The third-order valence-electron chi connectivity index (χ3n) is 2.82. The lowest BCUT2D eigenvalue weighted by atomic mass is 10.1. The van der Waals surface area contributed by atoms with Gasteiger partial charge < -0.3 is 10.8 Å². The molecule has 122 valence electrons. The molecule has 0 saturated heterocycles. The van der Waals surface area contributed by atoms with E-state index < -0.39 is 12.1 Å². The van der Waals surface area contributed by atoms with Crippen molar-refractivity contribution in [1.29, 1.82) is 0 Å². The Balaban J connectivity index is 0.000000236. The van der Waals surface area contributed by atoms with Crippen molar-refractivity contribution >= 4 is 17.2 Å². The molecular formula is C13H12F3N5O2. The van der Waals surface area contributed by atoms with Crippen LogP contribution in [0.2, 0.25) is 0 Å². The van der Waals surface area contributed by atoms with Gasteiger partial charge in [0, 0.05) is 30.6 Å². The fraction of sp³-hybridized carbons (Fsp3) is 0.154. The molecule has 0 bridgehead atoms. The first-order valence-electron chi connectivity index (χ1n) is 6.20. The smallest absolute Gasteiger partial charge is 0.475 e. The van der Waals surface area contributed by atoms with E-state index >= 15 is 0 Å². The summed E-state index contributed by atoms with van der Waals surface area (Å²) in [5.41, 5.74) is 9.65. The van der Waals surface area contributed by atoms with E-state index in [1.807, 2.05) is 37.8 Å². The summed E-state index contributed by atoms with van der Waals surface area (Å²) in [4.78, 5) is 8.90. The normalized spacial score (nSPS) is 11.1. The molecule has 0 unspecified atom stereocenters. The Morgan fingerprint density at radius 1 is 1.26 bits per heavy atom. The molecular weight excluding hydrogens is 315 g/mol. The van der Waals surface area contributed by atoms with Gasteiger partial charge in [0.2, 0.25) is 0 Å². The maximum Gasteiger partial charge on any atom is 0.490 e. The minimum atomic E-state index is -5.08. The number of alkyl halides is 3. The molecule has 0 fully saturated rings. The van der Waals surface area contributed by atoms with Gasteiger partial charge in [-0.1, -0.05) is 0 Å². The second-order valence-electron chi connectivity index (χ2n) is 4.55. The molecule has 0 spiro atoms. The number of nitrogens with zero attached hydrogens (tertiary/aromatic N) is 4. The molecule has 0 saturated carbocycles. The summed E-state index contributed by atoms with van der Waals surface area (Å²) in [5.74, 6) is -2.76. The molecule has 3 aromatic rings. The molecule has 0 aliphatic rings. The number of rotatable bonds is 1. The van der Waals surface area contributed by atoms with Crippen molar-refractivity contribution in [2.45, 2.75) is 6.18 Å². The predicted octanol–water partition coefficient (Wildman–Crippen LogP) is 1.95. The minimum Gasteiger partial charge on any atom is -0.475 e. The Morgan fingerprint density at radius 3 is 2.43 bits per heavy atom. The van der Waals surface area contributed by atoms with E-state index in [1.54, 1.807) is 15.4 Å². The monoisotopic (exact) mass is 327 g/mol. The Morgan fingerprint density at radius 2 is 1.91 bits per heavy atom. The van der Waals surface area contributed by atoms with Gasteiger partial charge >= 0.3 is 12.1 Å². The summed E-state index contributed by atoms with van der Waals surface area (Å²) in [5, 5.41) is 15.4. The van der Waals surface area contributed by atoms with Crippen molar-refractivity contribution in [2.75, 3.05) is 5.73 Å². The third kappa shape index (κ3) is 3.78. The first-order chi connectivity index (χ1) is 10.7. The van der Waals surface area contributed by atoms with Crippen LogP contribution in [0.25, 0.3) is 16.6 Å². The number of carboxylic acids is 1. The van der Waals surface area contributed by atoms with Crippen LogP contribution in [0.1, 0.15) is 0 Å². The first kappa shape index (κ1) is 16.3. The highest BCUT2D eigenvalue weighted by molar-refractivity contribution is 5.76. The average molecular weight is 327 g/mol. The molecule has 3 aromatic heterocycles. The molecule has 23 heavy (non-hydrogen) atoms. The zero-order valence-corrected chi connectivity index (χ0v) is 11.8. The molecule has 7 nitrogen and oxygen atoms in total. The average Bonchev–Trinajstić information content (AvgIpc) is 3.06. The Hall–Kier alpha value is -3.04. The van der Waals surface area contributed by atoms with Gasteiger partial charge in [-0.2, -0.15) is 23.4 Å². The Labute approximate surface area is 127 Å². The van der Waals surface area contributed by atoms with E-state index in [2.05, 4.69) is 10.2 Å². The highest BCUT2D eigenvalue weighted by Gasteiger charge is 2.38. The molecule has 0 aromatic carbocycles. The maximum absolute atomic E-state index is 10.6. The zero-order chi connectivity index (χ0) is 17.2. The van der Waals surface area contributed by atoms with E-state index in [0.29, 0.717) is 0 Å². The number of aromatic nitrogens is 4. The predicted molar refractivity (Wildman–Crippen MR) is 75.5 cm³/mol. The third-order valence-corrected chi connectivity index (χ3v) is 2.82. The molecule has 0 aliphatic carbocycles. The van der Waals surface area contributed by atoms with Crippen LogP contribution in [0, 0.1) is 0 Å². The number of carboxylic acid groups (broad SMARTS) is 1. The standard InChI is InChI=1S/C11H11N5.C2HF3O2/c1-15-6-9(5-14-15)8-4-10(12)11-2-3-13-16(11)7-8;3-2(4,5)1(6)7/h2-7H,12H2,1H3;(H,6,7). The minimum absolute atomic E-state index is 0.721. The summed E-state index contributed by atoms with van der Waals surface area (Å²) in [6.07, 6.45) is 2.36. The number of pyridine rings is 1. The Kier molecular flexibility index (Phi) is 4.25. The summed E-state index contributed by atoms with van der Waals surface area (Å²) in [6.45, 7) is 0. The summed E-state index contributed by atoms with van der Waals surface area (Å²) < 4.78 is 35.3. The number of nitrogens with two attached hydrogens (primary N) is 1.